The summed E-state index contributed by atoms with van der Waals surface area (Å²) in [6.45, 7) is 4.96. The van der Waals surface area contributed by atoms with Gasteiger partial charge in [0.1, 0.15) is 17.6 Å². The van der Waals surface area contributed by atoms with Gasteiger partial charge in [0.15, 0.2) is 0 Å². The lowest BCUT2D eigenvalue weighted by molar-refractivity contribution is -0.385. The second-order valence-corrected chi connectivity index (χ2v) is 4.67. The van der Waals surface area contributed by atoms with Crippen LogP contribution in [0.5, 0.6) is 0 Å². The number of pyridine rings is 1. The molecule has 8 nitrogen and oxygen atoms in total. The van der Waals surface area contributed by atoms with Crippen LogP contribution in [0.1, 0.15) is 31.1 Å². The zero-order valence-corrected chi connectivity index (χ0v) is 10.7. The summed E-state index contributed by atoms with van der Waals surface area (Å²) >= 11 is 0. The number of nitro groups is 1. The molecule has 0 saturated heterocycles. The Bertz CT molecular complexity index is 513. The minimum Gasteiger partial charge on any atom is -0.477 e. The summed E-state index contributed by atoms with van der Waals surface area (Å²) in [5, 5.41) is 32.0. The lowest BCUT2D eigenvalue weighted by Crippen LogP contribution is -2.42. The average molecular weight is 269 g/mol. The highest BCUT2D eigenvalue weighted by atomic mass is 16.6. The van der Waals surface area contributed by atoms with E-state index in [1.807, 2.05) is 0 Å². The Kier molecular flexibility index (Phi) is 4.05. The van der Waals surface area contributed by atoms with Crippen molar-refractivity contribution in [3.63, 3.8) is 0 Å². The third-order valence-electron chi connectivity index (χ3n) is 2.80. The number of hydrogen-bond donors (Lipinski definition) is 3. The maximum atomic E-state index is 11.0. The first-order valence-electron chi connectivity index (χ1n) is 5.49. The lowest BCUT2D eigenvalue weighted by Gasteiger charge is -2.29. The molecule has 0 aliphatic rings. The van der Waals surface area contributed by atoms with Gasteiger partial charge >= 0.3 is 11.7 Å². The zero-order valence-electron chi connectivity index (χ0n) is 10.7. The highest BCUT2D eigenvalue weighted by Crippen LogP contribution is 2.23. The maximum Gasteiger partial charge on any atom is 0.342 e. The normalized spacial score (nSPS) is 12.8. The largest absolute Gasteiger partial charge is 0.477 e. The second-order valence-electron chi connectivity index (χ2n) is 4.67. The highest BCUT2D eigenvalue weighted by Gasteiger charge is 2.26. The maximum absolute atomic E-state index is 11.0. The average Bonchev–Trinajstić information content (AvgIpc) is 2.27. The SMILES string of the molecule is CC(O)C(C)(C)Nc1cc(C(=O)O)c([N+](=O)[O-])cn1. The van der Waals surface area contributed by atoms with Crippen molar-refractivity contribution < 1.29 is 19.9 Å². The number of carboxylic acid groups (broad SMARTS) is 1. The van der Waals surface area contributed by atoms with E-state index in [2.05, 4.69) is 10.3 Å². The van der Waals surface area contributed by atoms with Crippen LogP contribution in [0.25, 0.3) is 0 Å². The minimum atomic E-state index is -1.41. The van der Waals surface area contributed by atoms with Crippen LogP contribution in [0.2, 0.25) is 0 Å². The summed E-state index contributed by atoms with van der Waals surface area (Å²) < 4.78 is 0. The van der Waals surface area contributed by atoms with Gasteiger partial charge in [0.2, 0.25) is 0 Å². The molecule has 8 heteroatoms. The molecule has 19 heavy (non-hydrogen) atoms. The van der Waals surface area contributed by atoms with E-state index in [1.165, 1.54) is 0 Å². The summed E-state index contributed by atoms with van der Waals surface area (Å²) in [5.74, 6) is -1.26. The van der Waals surface area contributed by atoms with Gasteiger partial charge in [-0.1, -0.05) is 0 Å². The third kappa shape index (κ3) is 3.38. The Morgan fingerprint density at radius 3 is 2.58 bits per heavy atom. The van der Waals surface area contributed by atoms with Crippen LogP contribution in [0, 0.1) is 10.1 Å². The minimum absolute atomic E-state index is 0.147. The predicted molar refractivity (Wildman–Crippen MR) is 67.2 cm³/mol. The number of carboxylic acids is 1. The van der Waals surface area contributed by atoms with Crippen LogP contribution in [-0.2, 0) is 0 Å². The molecule has 0 aromatic carbocycles. The van der Waals surface area contributed by atoms with Crippen molar-refractivity contribution in [1.29, 1.82) is 0 Å². The van der Waals surface area contributed by atoms with Gasteiger partial charge in [-0.05, 0) is 20.8 Å². The Labute approximate surface area is 109 Å². The van der Waals surface area contributed by atoms with Crippen molar-refractivity contribution >= 4 is 17.5 Å². The number of aliphatic hydroxyl groups excluding tert-OH is 1. The molecule has 1 heterocycles. The molecule has 0 radical (unpaired) electrons. The van der Waals surface area contributed by atoms with Crippen LogP contribution in [0.15, 0.2) is 12.3 Å². The van der Waals surface area contributed by atoms with E-state index in [0.717, 1.165) is 12.3 Å². The topological polar surface area (TPSA) is 126 Å². The molecule has 0 aliphatic heterocycles. The van der Waals surface area contributed by atoms with E-state index in [4.69, 9.17) is 5.11 Å². The number of rotatable bonds is 5. The quantitative estimate of drug-likeness (QED) is 0.542. The van der Waals surface area contributed by atoms with E-state index >= 15 is 0 Å². The number of aromatic nitrogens is 1. The molecule has 1 aromatic rings. The number of nitrogens with zero attached hydrogens (tertiary/aromatic N) is 2. The van der Waals surface area contributed by atoms with Crippen LogP contribution in [0.3, 0.4) is 0 Å². The fourth-order valence-electron chi connectivity index (χ4n) is 1.27. The summed E-state index contributed by atoms with van der Waals surface area (Å²) in [6, 6.07) is 1.07. The molecule has 1 unspecified atom stereocenters. The van der Waals surface area contributed by atoms with Crippen LogP contribution < -0.4 is 5.32 Å². The van der Waals surface area contributed by atoms with Gasteiger partial charge in [-0.3, -0.25) is 10.1 Å². The molecule has 0 bridgehead atoms. The number of nitrogens with one attached hydrogen (secondary N) is 1. The number of hydrogen-bond acceptors (Lipinski definition) is 6. The molecule has 1 atom stereocenters. The van der Waals surface area contributed by atoms with Crippen molar-refractivity contribution in [2.24, 2.45) is 0 Å². The van der Waals surface area contributed by atoms with Crippen molar-refractivity contribution in [1.82, 2.24) is 4.98 Å². The molecule has 3 N–H and O–H groups in total. The molecule has 0 spiro atoms. The van der Waals surface area contributed by atoms with E-state index in [9.17, 15) is 20.0 Å². The van der Waals surface area contributed by atoms with Gasteiger partial charge in [0.25, 0.3) is 0 Å². The fraction of sp³-hybridized carbons (Fsp3) is 0.455. The van der Waals surface area contributed by atoms with E-state index in [0.29, 0.717) is 0 Å². The number of aromatic carboxylic acids is 1. The van der Waals surface area contributed by atoms with Gasteiger partial charge < -0.3 is 15.5 Å². The summed E-state index contributed by atoms with van der Waals surface area (Å²) in [5.41, 5.74) is -1.78. The molecular weight excluding hydrogens is 254 g/mol. The third-order valence-corrected chi connectivity index (χ3v) is 2.80. The Balaban J connectivity index is 3.16. The Hall–Kier alpha value is -2.22. The van der Waals surface area contributed by atoms with Crippen molar-refractivity contribution in [2.75, 3.05) is 5.32 Å². The Morgan fingerprint density at radius 2 is 2.16 bits per heavy atom. The monoisotopic (exact) mass is 269 g/mol. The van der Waals surface area contributed by atoms with Gasteiger partial charge in [0.05, 0.1) is 16.6 Å². The summed E-state index contributed by atoms with van der Waals surface area (Å²) in [6.07, 6.45) is 0.155. The van der Waals surface area contributed by atoms with Gasteiger partial charge in [-0.2, -0.15) is 0 Å². The molecule has 0 saturated carbocycles. The van der Waals surface area contributed by atoms with Gasteiger partial charge in [-0.15, -0.1) is 0 Å². The number of aliphatic hydroxyl groups is 1. The standard InChI is InChI=1S/C11H15N3O5/c1-6(15)11(2,3)13-9-4-7(10(16)17)8(5-12-9)14(18)19/h4-6,15H,1-3H3,(H,12,13)(H,16,17). The fourth-order valence-corrected chi connectivity index (χ4v) is 1.27. The molecule has 104 valence electrons. The molecule has 1 aromatic heterocycles. The first-order chi connectivity index (χ1) is 8.65. The van der Waals surface area contributed by atoms with Crippen molar-refractivity contribution in [3.8, 4) is 0 Å². The van der Waals surface area contributed by atoms with Crippen LogP contribution >= 0.6 is 0 Å². The molecular formula is C11H15N3O5. The summed E-state index contributed by atoms with van der Waals surface area (Å²) in [7, 11) is 0. The van der Waals surface area contributed by atoms with E-state index in [1.54, 1.807) is 20.8 Å². The lowest BCUT2D eigenvalue weighted by atomic mass is 9.99. The molecule has 0 fully saturated rings. The smallest absolute Gasteiger partial charge is 0.342 e. The predicted octanol–water partition coefficient (Wildman–Crippen LogP) is 1.26. The van der Waals surface area contributed by atoms with Gasteiger partial charge in [-0.25, -0.2) is 9.78 Å². The zero-order chi connectivity index (χ0) is 14.8. The van der Waals surface area contributed by atoms with Crippen molar-refractivity contribution in [3.05, 3.63) is 27.9 Å². The Morgan fingerprint density at radius 1 is 1.58 bits per heavy atom. The van der Waals surface area contributed by atoms with Gasteiger partial charge in [0, 0.05) is 6.07 Å². The molecule has 0 amide bonds. The number of anilines is 1. The first-order valence-corrected chi connectivity index (χ1v) is 5.49. The molecule has 0 aliphatic carbocycles. The van der Waals surface area contributed by atoms with E-state index in [-0.39, 0.29) is 5.82 Å². The van der Waals surface area contributed by atoms with Crippen LogP contribution in [0.4, 0.5) is 11.5 Å². The summed E-state index contributed by atoms with van der Waals surface area (Å²) in [4.78, 5) is 24.6. The second kappa shape index (κ2) is 5.19. The van der Waals surface area contributed by atoms with E-state index < -0.39 is 33.8 Å². The first kappa shape index (κ1) is 14.8. The number of carbonyl (C=O) groups is 1. The van der Waals surface area contributed by atoms with Crippen LogP contribution in [-0.4, -0.2) is 37.7 Å². The van der Waals surface area contributed by atoms with Crippen molar-refractivity contribution in [2.45, 2.75) is 32.4 Å². The highest BCUT2D eigenvalue weighted by molar-refractivity contribution is 5.93. The molecule has 1 rings (SSSR count).